The van der Waals surface area contributed by atoms with E-state index in [2.05, 4.69) is 30.2 Å². The molecule has 0 amide bonds. The highest BCUT2D eigenvalue weighted by atomic mass is 15.0. The number of nitrogen functional groups attached to an aromatic ring is 1. The number of rotatable bonds is 1. The molecule has 3 nitrogen and oxygen atoms in total. The Morgan fingerprint density at radius 1 is 1.25 bits per heavy atom. The van der Waals surface area contributed by atoms with Gasteiger partial charge in [-0.05, 0) is 55.0 Å². The van der Waals surface area contributed by atoms with Crippen LogP contribution in [-0.2, 0) is 12.8 Å². The summed E-state index contributed by atoms with van der Waals surface area (Å²) in [4.78, 5) is 4.29. The van der Waals surface area contributed by atoms with E-state index < -0.39 is 0 Å². The lowest BCUT2D eigenvalue weighted by molar-refractivity contribution is 0.912. The van der Waals surface area contributed by atoms with Crippen molar-refractivity contribution >= 4 is 11.3 Å². The molecule has 3 heteroatoms. The summed E-state index contributed by atoms with van der Waals surface area (Å²) < 4.78 is 2.04. The van der Waals surface area contributed by atoms with Crippen molar-refractivity contribution in [2.24, 2.45) is 0 Å². The molecule has 0 fully saturated rings. The normalized spacial score (nSPS) is 13.8. The van der Waals surface area contributed by atoms with Gasteiger partial charge in [0.15, 0.2) is 0 Å². The average molecular weight is 263 g/mol. The zero-order valence-corrected chi connectivity index (χ0v) is 11.6. The SMILES string of the molecule is Cc1cc2c(c(N)c1-c1ccc3nccn3c1)CCC2. The number of nitrogens with two attached hydrogens (primary N) is 1. The van der Waals surface area contributed by atoms with Crippen molar-refractivity contribution in [3.63, 3.8) is 0 Å². The fourth-order valence-electron chi connectivity index (χ4n) is 3.38. The Bertz CT molecular complexity index is 814. The summed E-state index contributed by atoms with van der Waals surface area (Å²) in [6.45, 7) is 2.16. The molecule has 0 radical (unpaired) electrons. The zero-order chi connectivity index (χ0) is 13.7. The van der Waals surface area contributed by atoms with E-state index in [1.165, 1.54) is 40.7 Å². The largest absolute Gasteiger partial charge is 0.398 e. The predicted molar refractivity (Wildman–Crippen MR) is 81.8 cm³/mol. The Hall–Kier alpha value is -2.29. The summed E-state index contributed by atoms with van der Waals surface area (Å²) in [5.41, 5.74) is 14.8. The number of nitrogens with zero attached hydrogens (tertiary/aromatic N) is 2. The minimum absolute atomic E-state index is 0.964. The Kier molecular flexibility index (Phi) is 2.36. The number of benzene rings is 1. The zero-order valence-electron chi connectivity index (χ0n) is 11.6. The van der Waals surface area contributed by atoms with Crippen LogP contribution in [0, 0.1) is 6.92 Å². The van der Waals surface area contributed by atoms with E-state index in [4.69, 9.17) is 5.73 Å². The minimum atomic E-state index is 0.964. The Morgan fingerprint density at radius 3 is 3.05 bits per heavy atom. The van der Waals surface area contributed by atoms with Gasteiger partial charge >= 0.3 is 0 Å². The average Bonchev–Trinajstić information content (AvgIpc) is 3.06. The number of aryl methyl sites for hydroxylation is 2. The Labute approximate surface area is 118 Å². The molecule has 0 spiro atoms. The molecule has 1 aromatic carbocycles. The molecule has 2 aromatic heterocycles. The number of hydrogen-bond acceptors (Lipinski definition) is 2. The van der Waals surface area contributed by atoms with E-state index in [1.54, 1.807) is 0 Å². The summed E-state index contributed by atoms with van der Waals surface area (Å²) in [6.07, 6.45) is 9.41. The monoisotopic (exact) mass is 263 g/mol. The second-order valence-electron chi connectivity index (χ2n) is 5.58. The smallest absolute Gasteiger partial charge is 0.136 e. The highest BCUT2D eigenvalue weighted by molar-refractivity contribution is 5.83. The quantitative estimate of drug-likeness (QED) is 0.684. The summed E-state index contributed by atoms with van der Waals surface area (Å²) >= 11 is 0. The van der Waals surface area contributed by atoms with Crippen molar-refractivity contribution in [3.05, 3.63) is 53.5 Å². The molecule has 1 aliphatic rings. The molecule has 0 unspecified atom stereocenters. The fraction of sp³-hybridized carbons (Fsp3) is 0.235. The lowest BCUT2D eigenvalue weighted by atomic mass is 9.94. The van der Waals surface area contributed by atoms with Crippen molar-refractivity contribution in [1.29, 1.82) is 0 Å². The summed E-state index contributed by atoms with van der Waals surface area (Å²) in [6, 6.07) is 6.47. The van der Waals surface area contributed by atoms with Gasteiger partial charge in [0.25, 0.3) is 0 Å². The first-order valence-corrected chi connectivity index (χ1v) is 7.08. The first-order chi connectivity index (χ1) is 9.74. The van der Waals surface area contributed by atoms with E-state index in [-0.39, 0.29) is 0 Å². The Balaban J connectivity index is 1.97. The van der Waals surface area contributed by atoms with Crippen LogP contribution in [0.25, 0.3) is 16.8 Å². The van der Waals surface area contributed by atoms with Crippen molar-refractivity contribution in [1.82, 2.24) is 9.38 Å². The van der Waals surface area contributed by atoms with Gasteiger partial charge in [-0.1, -0.05) is 6.07 Å². The van der Waals surface area contributed by atoms with Crippen molar-refractivity contribution < 1.29 is 0 Å². The summed E-state index contributed by atoms with van der Waals surface area (Å²) in [7, 11) is 0. The fourth-order valence-corrected chi connectivity index (χ4v) is 3.38. The molecule has 2 N–H and O–H groups in total. The third kappa shape index (κ3) is 1.56. The van der Waals surface area contributed by atoms with Crippen LogP contribution >= 0.6 is 0 Å². The molecule has 2 heterocycles. The number of anilines is 1. The van der Waals surface area contributed by atoms with Gasteiger partial charge in [0, 0.05) is 35.4 Å². The topological polar surface area (TPSA) is 43.3 Å². The van der Waals surface area contributed by atoms with Crippen LogP contribution < -0.4 is 5.73 Å². The predicted octanol–water partition coefficient (Wildman–Crippen LogP) is 3.38. The van der Waals surface area contributed by atoms with Gasteiger partial charge in [-0.15, -0.1) is 0 Å². The van der Waals surface area contributed by atoms with Gasteiger partial charge in [0.1, 0.15) is 5.65 Å². The lowest BCUT2D eigenvalue weighted by Crippen LogP contribution is -2.00. The van der Waals surface area contributed by atoms with E-state index >= 15 is 0 Å². The van der Waals surface area contributed by atoms with Crippen LogP contribution in [0.2, 0.25) is 0 Å². The van der Waals surface area contributed by atoms with Crippen LogP contribution in [0.15, 0.2) is 36.8 Å². The highest BCUT2D eigenvalue weighted by Gasteiger charge is 2.19. The van der Waals surface area contributed by atoms with E-state index in [0.717, 1.165) is 17.8 Å². The Morgan fingerprint density at radius 2 is 2.15 bits per heavy atom. The number of imidazole rings is 1. The molecule has 0 bridgehead atoms. The maximum Gasteiger partial charge on any atom is 0.136 e. The van der Waals surface area contributed by atoms with Gasteiger partial charge < -0.3 is 10.1 Å². The van der Waals surface area contributed by atoms with Gasteiger partial charge in [-0.2, -0.15) is 0 Å². The van der Waals surface area contributed by atoms with Gasteiger partial charge in [-0.3, -0.25) is 0 Å². The molecular formula is C17H17N3. The molecule has 0 saturated heterocycles. The van der Waals surface area contributed by atoms with Crippen molar-refractivity contribution in [2.45, 2.75) is 26.2 Å². The molecule has 1 aliphatic carbocycles. The summed E-state index contributed by atoms with van der Waals surface area (Å²) in [5, 5.41) is 0. The molecule has 3 aromatic rings. The second-order valence-corrected chi connectivity index (χ2v) is 5.58. The van der Waals surface area contributed by atoms with Crippen LogP contribution in [0.1, 0.15) is 23.1 Å². The number of pyridine rings is 1. The van der Waals surface area contributed by atoms with E-state index in [9.17, 15) is 0 Å². The second kappa shape index (κ2) is 4.10. The molecule has 20 heavy (non-hydrogen) atoms. The van der Waals surface area contributed by atoms with Gasteiger partial charge in [-0.25, -0.2) is 4.98 Å². The summed E-state index contributed by atoms with van der Waals surface area (Å²) in [5.74, 6) is 0. The highest BCUT2D eigenvalue weighted by Crippen LogP contribution is 2.38. The number of fused-ring (bicyclic) bond motifs is 2. The van der Waals surface area contributed by atoms with Gasteiger partial charge in [0.2, 0.25) is 0 Å². The maximum absolute atomic E-state index is 6.46. The standard InChI is InChI=1S/C17H17N3/c1-11-9-12-3-2-4-14(12)17(18)16(11)13-5-6-15-19-7-8-20(15)10-13/h5-10H,2-4,18H2,1H3. The molecular weight excluding hydrogens is 246 g/mol. The minimum Gasteiger partial charge on any atom is -0.398 e. The van der Waals surface area contributed by atoms with Crippen LogP contribution in [-0.4, -0.2) is 9.38 Å². The third-order valence-corrected chi connectivity index (χ3v) is 4.32. The number of aromatic nitrogens is 2. The van der Waals surface area contributed by atoms with E-state index in [1.807, 2.05) is 22.9 Å². The number of hydrogen-bond donors (Lipinski definition) is 1. The van der Waals surface area contributed by atoms with Crippen LogP contribution in [0.5, 0.6) is 0 Å². The third-order valence-electron chi connectivity index (χ3n) is 4.32. The van der Waals surface area contributed by atoms with Crippen LogP contribution in [0.4, 0.5) is 5.69 Å². The maximum atomic E-state index is 6.46. The first kappa shape index (κ1) is 11.5. The molecule has 0 atom stereocenters. The van der Waals surface area contributed by atoms with E-state index in [0.29, 0.717) is 0 Å². The van der Waals surface area contributed by atoms with Gasteiger partial charge in [0.05, 0.1) is 0 Å². The van der Waals surface area contributed by atoms with Crippen molar-refractivity contribution in [2.75, 3.05) is 5.73 Å². The molecule has 4 rings (SSSR count). The molecule has 0 saturated carbocycles. The first-order valence-electron chi connectivity index (χ1n) is 7.08. The van der Waals surface area contributed by atoms with Crippen LogP contribution in [0.3, 0.4) is 0 Å². The molecule has 100 valence electrons. The van der Waals surface area contributed by atoms with Crippen molar-refractivity contribution in [3.8, 4) is 11.1 Å². The molecule has 0 aliphatic heterocycles. The lowest BCUT2D eigenvalue weighted by Gasteiger charge is -2.15.